The Morgan fingerprint density at radius 3 is 2.62 bits per heavy atom. The summed E-state index contributed by atoms with van der Waals surface area (Å²) in [6.07, 6.45) is 1.62. The molecule has 2 N–H and O–H groups in total. The lowest BCUT2D eigenvalue weighted by molar-refractivity contribution is 0.0950. The van der Waals surface area contributed by atoms with Crippen LogP contribution < -0.4 is 5.32 Å². The number of halogens is 1. The normalized spacial score (nSPS) is 11.7. The lowest BCUT2D eigenvalue weighted by Gasteiger charge is -2.14. The van der Waals surface area contributed by atoms with Crippen LogP contribution in [0, 0.1) is 6.92 Å². The molecular formula is C13H19BrN2O4S. The Hall–Kier alpha value is -1.12. The first kappa shape index (κ1) is 17.9. The van der Waals surface area contributed by atoms with E-state index in [1.807, 2.05) is 6.92 Å². The highest BCUT2D eigenvalue weighted by Crippen LogP contribution is 2.29. The van der Waals surface area contributed by atoms with Crippen molar-refractivity contribution >= 4 is 31.9 Å². The average Bonchev–Trinajstić information content (AvgIpc) is 2.37. The predicted octanol–water partition coefficient (Wildman–Crippen LogP) is 1.47. The maximum Gasteiger partial charge on any atom is 0.255 e. The Morgan fingerprint density at radius 1 is 1.43 bits per heavy atom. The minimum atomic E-state index is -3.20. The summed E-state index contributed by atoms with van der Waals surface area (Å²) < 4.78 is 24.1. The molecule has 0 aliphatic rings. The van der Waals surface area contributed by atoms with Gasteiger partial charge in [-0.15, -0.1) is 0 Å². The zero-order valence-electron chi connectivity index (χ0n) is 12.2. The van der Waals surface area contributed by atoms with Crippen molar-refractivity contribution < 1.29 is 18.3 Å². The largest absolute Gasteiger partial charge is 0.506 e. The number of aryl methyl sites for hydroxylation is 1. The van der Waals surface area contributed by atoms with Crippen LogP contribution in [0.2, 0.25) is 0 Å². The van der Waals surface area contributed by atoms with Gasteiger partial charge >= 0.3 is 0 Å². The quantitative estimate of drug-likeness (QED) is 0.733. The molecule has 118 valence electrons. The van der Waals surface area contributed by atoms with E-state index in [-0.39, 0.29) is 17.2 Å². The molecule has 0 radical (unpaired) electrons. The molecule has 0 bridgehead atoms. The maximum atomic E-state index is 12.0. The Labute approximate surface area is 133 Å². The zero-order chi connectivity index (χ0) is 16.2. The van der Waals surface area contributed by atoms with Crippen molar-refractivity contribution in [3.05, 3.63) is 27.7 Å². The Kier molecular flexibility index (Phi) is 6.18. The topological polar surface area (TPSA) is 86.7 Å². The average molecular weight is 379 g/mol. The molecule has 0 aliphatic heterocycles. The molecule has 21 heavy (non-hydrogen) atoms. The molecule has 1 rings (SSSR count). The molecule has 6 nitrogen and oxygen atoms in total. The summed E-state index contributed by atoms with van der Waals surface area (Å²) in [7, 11) is -1.71. The molecule has 0 aliphatic carbocycles. The third-order valence-corrected chi connectivity index (χ3v) is 4.87. The second-order valence-corrected chi connectivity index (χ2v) is 7.78. The number of sulfonamides is 1. The van der Waals surface area contributed by atoms with Gasteiger partial charge < -0.3 is 10.4 Å². The fourth-order valence-corrected chi connectivity index (χ4v) is 2.71. The van der Waals surface area contributed by atoms with Gasteiger partial charge in [-0.2, -0.15) is 0 Å². The van der Waals surface area contributed by atoms with Crippen LogP contribution in [0.4, 0.5) is 0 Å². The monoisotopic (exact) mass is 378 g/mol. The van der Waals surface area contributed by atoms with E-state index in [1.54, 1.807) is 12.1 Å². The van der Waals surface area contributed by atoms with Gasteiger partial charge in [-0.1, -0.05) is 0 Å². The van der Waals surface area contributed by atoms with Crippen molar-refractivity contribution in [1.82, 2.24) is 9.62 Å². The summed E-state index contributed by atoms with van der Waals surface area (Å²) >= 11 is 3.18. The van der Waals surface area contributed by atoms with Gasteiger partial charge in [0.15, 0.2) is 0 Å². The smallest absolute Gasteiger partial charge is 0.255 e. The van der Waals surface area contributed by atoms with Crippen molar-refractivity contribution in [2.75, 3.05) is 26.4 Å². The van der Waals surface area contributed by atoms with Gasteiger partial charge in [-0.3, -0.25) is 4.79 Å². The van der Waals surface area contributed by atoms with E-state index in [9.17, 15) is 18.3 Å². The molecule has 0 atom stereocenters. The Bertz CT molecular complexity index is 631. The molecule has 0 unspecified atom stereocenters. The summed E-state index contributed by atoms with van der Waals surface area (Å²) in [5.41, 5.74) is 1.04. The lowest BCUT2D eigenvalue weighted by Crippen LogP contribution is -2.31. The van der Waals surface area contributed by atoms with Crippen LogP contribution in [0.25, 0.3) is 0 Å². The molecule has 0 heterocycles. The lowest BCUT2D eigenvalue weighted by atomic mass is 10.1. The zero-order valence-corrected chi connectivity index (χ0v) is 14.6. The van der Waals surface area contributed by atoms with Gasteiger partial charge in [-0.25, -0.2) is 12.7 Å². The summed E-state index contributed by atoms with van der Waals surface area (Å²) in [4.78, 5) is 12.0. The Morgan fingerprint density at radius 2 is 2.05 bits per heavy atom. The first-order valence-corrected chi connectivity index (χ1v) is 8.95. The van der Waals surface area contributed by atoms with E-state index in [0.717, 1.165) is 11.8 Å². The number of amides is 1. The number of hydrogen-bond donors (Lipinski definition) is 2. The third kappa shape index (κ3) is 5.29. The van der Waals surface area contributed by atoms with Crippen molar-refractivity contribution in [2.45, 2.75) is 13.3 Å². The summed E-state index contributed by atoms with van der Waals surface area (Å²) in [6.45, 7) is 2.47. The second-order valence-electron chi connectivity index (χ2n) is 4.84. The van der Waals surface area contributed by atoms with Gasteiger partial charge in [0.1, 0.15) is 5.75 Å². The molecule has 0 fully saturated rings. The number of benzene rings is 1. The van der Waals surface area contributed by atoms with Crippen molar-refractivity contribution in [3.8, 4) is 5.75 Å². The number of phenolic OH excluding ortho intramolecular Hbond substituents is 1. The van der Waals surface area contributed by atoms with Crippen LogP contribution in [0.3, 0.4) is 0 Å². The first-order chi connectivity index (χ1) is 9.62. The molecule has 1 aromatic carbocycles. The van der Waals surface area contributed by atoms with Crippen LogP contribution in [-0.2, 0) is 10.0 Å². The SMILES string of the molecule is Cc1cc(Br)c(O)c(C(=O)NCCCN(C)S(C)(=O)=O)c1. The molecule has 1 amide bonds. The number of hydrogen-bond acceptors (Lipinski definition) is 4. The van der Waals surface area contributed by atoms with Crippen molar-refractivity contribution in [1.29, 1.82) is 0 Å². The number of phenols is 1. The van der Waals surface area contributed by atoms with Crippen LogP contribution >= 0.6 is 15.9 Å². The van der Waals surface area contributed by atoms with Crippen molar-refractivity contribution in [2.24, 2.45) is 0 Å². The maximum absolute atomic E-state index is 12.0. The second kappa shape index (κ2) is 7.24. The number of nitrogens with one attached hydrogen (secondary N) is 1. The number of aromatic hydroxyl groups is 1. The molecule has 0 spiro atoms. The molecule has 0 saturated carbocycles. The molecule has 0 saturated heterocycles. The fraction of sp³-hybridized carbons (Fsp3) is 0.462. The highest BCUT2D eigenvalue weighted by atomic mass is 79.9. The predicted molar refractivity (Wildman–Crippen MR) is 85.0 cm³/mol. The number of nitrogens with zero attached hydrogens (tertiary/aromatic N) is 1. The fourth-order valence-electron chi connectivity index (χ4n) is 1.67. The third-order valence-electron chi connectivity index (χ3n) is 2.95. The minimum absolute atomic E-state index is 0.105. The van der Waals surface area contributed by atoms with Gasteiger partial charge in [0.2, 0.25) is 10.0 Å². The highest BCUT2D eigenvalue weighted by Gasteiger charge is 2.14. The summed E-state index contributed by atoms with van der Waals surface area (Å²) in [5.74, 6) is -0.495. The van der Waals surface area contributed by atoms with Gasteiger partial charge in [0.05, 0.1) is 16.3 Å². The standard InChI is InChI=1S/C13H19BrN2O4S/c1-9-7-10(12(17)11(14)8-9)13(18)15-5-4-6-16(2)21(3,19)20/h7-8,17H,4-6H2,1-3H3,(H,15,18). The summed E-state index contributed by atoms with van der Waals surface area (Å²) in [6, 6.07) is 3.31. The van der Waals surface area contributed by atoms with E-state index in [1.165, 1.54) is 11.4 Å². The first-order valence-electron chi connectivity index (χ1n) is 6.31. The van der Waals surface area contributed by atoms with Gasteiger partial charge in [0.25, 0.3) is 5.91 Å². The number of rotatable bonds is 6. The molecule has 0 aromatic heterocycles. The van der Waals surface area contributed by atoms with E-state index in [2.05, 4.69) is 21.2 Å². The van der Waals surface area contributed by atoms with Crippen LogP contribution in [0.1, 0.15) is 22.3 Å². The number of carbonyl (C=O) groups excluding carboxylic acids is 1. The van der Waals surface area contributed by atoms with E-state index >= 15 is 0 Å². The highest BCUT2D eigenvalue weighted by molar-refractivity contribution is 9.10. The van der Waals surface area contributed by atoms with Gasteiger partial charge in [0, 0.05) is 20.1 Å². The van der Waals surface area contributed by atoms with Gasteiger partial charge in [-0.05, 0) is 47.0 Å². The molecule has 8 heteroatoms. The van der Waals surface area contributed by atoms with Crippen molar-refractivity contribution in [3.63, 3.8) is 0 Å². The minimum Gasteiger partial charge on any atom is -0.506 e. The molecule has 1 aromatic rings. The number of carbonyl (C=O) groups is 1. The van der Waals surface area contributed by atoms with Crippen LogP contribution in [0.15, 0.2) is 16.6 Å². The van der Waals surface area contributed by atoms with E-state index < -0.39 is 10.0 Å². The van der Waals surface area contributed by atoms with Crippen LogP contribution in [-0.4, -0.2) is 50.1 Å². The molecular weight excluding hydrogens is 360 g/mol. The summed E-state index contributed by atoms with van der Waals surface area (Å²) in [5, 5.41) is 12.5. The van der Waals surface area contributed by atoms with Crippen LogP contribution in [0.5, 0.6) is 5.75 Å². The Balaban J connectivity index is 2.56. The van der Waals surface area contributed by atoms with E-state index in [0.29, 0.717) is 24.0 Å². The van der Waals surface area contributed by atoms with E-state index in [4.69, 9.17) is 0 Å².